The third-order valence-electron chi connectivity index (χ3n) is 2.75. The van der Waals surface area contributed by atoms with Crippen molar-refractivity contribution in [2.24, 2.45) is 0 Å². The molecule has 17 heavy (non-hydrogen) atoms. The summed E-state index contributed by atoms with van der Waals surface area (Å²) in [6.07, 6.45) is 1.93. The van der Waals surface area contributed by atoms with Crippen LogP contribution in [-0.4, -0.2) is 18.3 Å². The van der Waals surface area contributed by atoms with Crippen LogP contribution in [-0.2, 0) is 0 Å². The van der Waals surface area contributed by atoms with Gasteiger partial charge >= 0.3 is 114 Å². The van der Waals surface area contributed by atoms with E-state index in [0.717, 1.165) is 10.2 Å². The third kappa shape index (κ3) is 3.20. The Labute approximate surface area is 114 Å². The molecule has 2 rings (SSSR count). The Kier molecular flexibility index (Phi) is 3.74. The van der Waals surface area contributed by atoms with Crippen LogP contribution in [0.5, 0.6) is 0 Å². The van der Waals surface area contributed by atoms with Crippen LogP contribution >= 0.6 is 15.9 Å². The summed E-state index contributed by atoms with van der Waals surface area (Å²) in [5.41, 5.74) is 2.25. The minimum absolute atomic E-state index is 1.07. The zero-order valence-corrected chi connectivity index (χ0v) is 14.1. The van der Waals surface area contributed by atoms with E-state index in [2.05, 4.69) is 62.4 Å². The zero-order chi connectivity index (χ0) is 12.5. The summed E-state index contributed by atoms with van der Waals surface area (Å²) in [6, 6.07) is 12.7. The number of benzene rings is 1. The van der Waals surface area contributed by atoms with Gasteiger partial charge in [0.25, 0.3) is 0 Å². The molecule has 2 aromatic rings. The molecule has 0 N–H and O–H groups in total. The van der Waals surface area contributed by atoms with E-state index >= 15 is 0 Å². The predicted octanol–water partition coefficient (Wildman–Crippen LogP) is 4.06. The first-order chi connectivity index (χ1) is 7.97. The van der Waals surface area contributed by atoms with E-state index in [0.29, 0.717) is 0 Å². The van der Waals surface area contributed by atoms with Crippen molar-refractivity contribution in [3.05, 3.63) is 47.1 Å². The third-order valence-corrected chi connectivity index (χ3v) is 7.53. The van der Waals surface area contributed by atoms with Gasteiger partial charge in [0, 0.05) is 0 Å². The molecule has 1 aromatic carbocycles. The van der Waals surface area contributed by atoms with Gasteiger partial charge in [0.15, 0.2) is 0 Å². The van der Waals surface area contributed by atoms with Crippen molar-refractivity contribution in [1.29, 1.82) is 0 Å². The number of nitrogens with zero attached hydrogens (tertiary/aromatic N) is 1. The number of hydrogen-bond acceptors (Lipinski definition) is 1. The van der Waals surface area contributed by atoms with Crippen molar-refractivity contribution in [1.82, 2.24) is 4.98 Å². The monoisotopic (exact) mass is 351 g/mol. The van der Waals surface area contributed by atoms with E-state index in [1.54, 1.807) is 0 Å². The molecule has 3 heteroatoms. The van der Waals surface area contributed by atoms with Crippen molar-refractivity contribution in [2.75, 3.05) is 0 Å². The standard InChI is InChI=1S/C14H16BrGeN/c1-16(2,3)13-7-8-17-14(10-13)11-5-4-6-12(15)9-11/h4-10H,1-3H3. The molecule has 0 aliphatic carbocycles. The second kappa shape index (κ2) is 4.95. The Morgan fingerprint density at radius 3 is 2.47 bits per heavy atom. The molecule has 0 aliphatic heterocycles. The van der Waals surface area contributed by atoms with Gasteiger partial charge in [0.1, 0.15) is 0 Å². The van der Waals surface area contributed by atoms with Gasteiger partial charge in [0.2, 0.25) is 0 Å². The van der Waals surface area contributed by atoms with Crippen molar-refractivity contribution >= 4 is 33.6 Å². The maximum absolute atomic E-state index is 4.47. The fourth-order valence-electron chi connectivity index (χ4n) is 1.70. The van der Waals surface area contributed by atoms with E-state index in [-0.39, 0.29) is 0 Å². The van der Waals surface area contributed by atoms with Crippen LogP contribution < -0.4 is 4.40 Å². The molecule has 0 atom stereocenters. The summed E-state index contributed by atoms with van der Waals surface area (Å²) >= 11 is 1.74. The Bertz CT molecular complexity index is 532. The zero-order valence-electron chi connectivity index (χ0n) is 10.4. The average Bonchev–Trinajstić information content (AvgIpc) is 2.28. The van der Waals surface area contributed by atoms with E-state index in [1.807, 2.05) is 18.3 Å². The van der Waals surface area contributed by atoms with Gasteiger partial charge in [-0.25, -0.2) is 0 Å². The van der Waals surface area contributed by atoms with Crippen LogP contribution in [0.1, 0.15) is 0 Å². The van der Waals surface area contributed by atoms with Crippen LogP contribution in [0, 0.1) is 0 Å². The maximum atomic E-state index is 4.47. The second-order valence-corrected chi connectivity index (χ2v) is 16.8. The summed E-state index contributed by atoms with van der Waals surface area (Å²) in [5.74, 6) is 7.21. The average molecular weight is 351 g/mol. The molecule has 0 radical (unpaired) electrons. The topological polar surface area (TPSA) is 12.9 Å². The molecule has 0 spiro atoms. The molecule has 0 bridgehead atoms. The van der Waals surface area contributed by atoms with Crippen molar-refractivity contribution in [3.63, 3.8) is 0 Å². The molecule has 1 nitrogen and oxygen atoms in total. The molecule has 0 unspecified atom stereocenters. The molecular formula is C14H16BrGeN. The molecule has 0 fully saturated rings. The molecular weight excluding hydrogens is 335 g/mol. The number of hydrogen-bond donors (Lipinski definition) is 0. The SMILES string of the molecule is [CH3][Ge]([CH3])([CH3])[c]1ccnc(-c2cccc(Br)c2)c1. The van der Waals surface area contributed by atoms with Crippen LogP contribution in [0.15, 0.2) is 47.1 Å². The molecule has 0 saturated carbocycles. The second-order valence-electron chi connectivity index (χ2n) is 5.19. The number of aromatic nitrogens is 1. The van der Waals surface area contributed by atoms with Crippen molar-refractivity contribution < 1.29 is 0 Å². The molecule has 1 heterocycles. The van der Waals surface area contributed by atoms with Gasteiger partial charge in [-0.15, -0.1) is 0 Å². The van der Waals surface area contributed by atoms with E-state index in [9.17, 15) is 0 Å². The van der Waals surface area contributed by atoms with Crippen LogP contribution in [0.3, 0.4) is 0 Å². The first-order valence-corrected chi connectivity index (χ1v) is 13.8. The molecule has 0 amide bonds. The van der Waals surface area contributed by atoms with Crippen molar-refractivity contribution in [3.8, 4) is 11.3 Å². The fraction of sp³-hybridized carbons (Fsp3) is 0.214. The van der Waals surface area contributed by atoms with E-state index in [1.165, 1.54) is 9.96 Å². The Morgan fingerprint density at radius 1 is 1.06 bits per heavy atom. The number of halogens is 1. The molecule has 0 aliphatic rings. The van der Waals surface area contributed by atoms with E-state index in [4.69, 9.17) is 0 Å². The molecule has 0 saturated heterocycles. The summed E-state index contributed by atoms with van der Waals surface area (Å²) in [7, 11) is 0. The first kappa shape index (κ1) is 12.8. The summed E-state index contributed by atoms with van der Waals surface area (Å²) in [6.45, 7) is 0. The quantitative estimate of drug-likeness (QED) is 0.744. The Morgan fingerprint density at radius 2 is 1.82 bits per heavy atom. The number of pyridine rings is 1. The van der Waals surface area contributed by atoms with Gasteiger partial charge in [-0.3, -0.25) is 0 Å². The fourth-order valence-corrected chi connectivity index (χ4v) is 4.50. The van der Waals surface area contributed by atoms with Gasteiger partial charge in [0.05, 0.1) is 0 Å². The first-order valence-electron chi connectivity index (χ1n) is 5.69. The van der Waals surface area contributed by atoms with Crippen LogP contribution in [0.2, 0.25) is 17.3 Å². The normalized spacial score (nSPS) is 11.5. The van der Waals surface area contributed by atoms with Gasteiger partial charge in [-0.1, -0.05) is 0 Å². The van der Waals surface area contributed by atoms with Crippen LogP contribution in [0.25, 0.3) is 11.3 Å². The summed E-state index contributed by atoms with van der Waals surface area (Å²) < 4.78 is 2.59. The van der Waals surface area contributed by atoms with Gasteiger partial charge in [-0.2, -0.15) is 0 Å². The molecule has 88 valence electrons. The molecule has 1 aromatic heterocycles. The summed E-state index contributed by atoms with van der Waals surface area (Å²) in [4.78, 5) is 4.47. The van der Waals surface area contributed by atoms with Crippen molar-refractivity contribution in [2.45, 2.75) is 17.3 Å². The van der Waals surface area contributed by atoms with Crippen LogP contribution in [0.4, 0.5) is 0 Å². The Balaban J connectivity index is 2.47. The van der Waals surface area contributed by atoms with Gasteiger partial charge in [-0.05, 0) is 0 Å². The predicted molar refractivity (Wildman–Crippen MR) is 80.4 cm³/mol. The summed E-state index contributed by atoms with van der Waals surface area (Å²) in [5, 5.41) is 0. The minimum atomic E-state index is -1.76. The number of rotatable bonds is 2. The Hall–Kier alpha value is -0.607. The van der Waals surface area contributed by atoms with Gasteiger partial charge < -0.3 is 0 Å². The van der Waals surface area contributed by atoms with E-state index < -0.39 is 13.3 Å².